The Balaban J connectivity index is 1.60. The number of nitrogens with zero attached hydrogens (tertiary/aromatic N) is 5. The number of aryl methyl sites for hydroxylation is 1. The number of carbonyl (C=O) groups is 4. The quantitative estimate of drug-likeness (QED) is 0.329. The van der Waals surface area contributed by atoms with Gasteiger partial charge in [-0.2, -0.15) is 5.10 Å². The van der Waals surface area contributed by atoms with Crippen LogP contribution in [0.5, 0.6) is 0 Å². The van der Waals surface area contributed by atoms with Crippen molar-refractivity contribution in [1.82, 2.24) is 45.9 Å². The van der Waals surface area contributed by atoms with Crippen molar-refractivity contribution in [3.8, 4) is 0 Å². The topological polar surface area (TPSA) is 163 Å². The summed E-state index contributed by atoms with van der Waals surface area (Å²) < 4.78 is 1.53. The molecule has 4 amide bonds. The van der Waals surface area contributed by atoms with Gasteiger partial charge in [0.25, 0.3) is 0 Å². The lowest BCUT2D eigenvalue weighted by Gasteiger charge is -2.27. The molecule has 1 aliphatic heterocycles. The van der Waals surface area contributed by atoms with Crippen LogP contribution in [-0.2, 0) is 38.7 Å². The first kappa shape index (κ1) is 34.2. The van der Waals surface area contributed by atoms with E-state index in [0.29, 0.717) is 44.2 Å². The Kier molecular flexibility index (Phi) is 12.4. The summed E-state index contributed by atoms with van der Waals surface area (Å²) in [5, 5.41) is 16.1. The molecular weight excluding hydrogens is 586 g/mol. The summed E-state index contributed by atoms with van der Waals surface area (Å²) >= 11 is 0. The van der Waals surface area contributed by atoms with E-state index < -0.39 is 29.9 Å². The van der Waals surface area contributed by atoms with Crippen molar-refractivity contribution in [2.45, 2.75) is 78.2 Å². The second-order valence-corrected chi connectivity index (χ2v) is 12.0. The number of aromatic nitrogens is 4. The van der Waals surface area contributed by atoms with E-state index in [4.69, 9.17) is 0 Å². The minimum atomic E-state index is -0.927. The second kappa shape index (κ2) is 16.6. The zero-order valence-corrected chi connectivity index (χ0v) is 27.0. The first-order chi connectivity index (χ1) is 22.1. The molecule has 4 rings (SSSR count). The van der Waals surface area contributed by atoms with Gasteiger partial charge in [-0.15, -0.1) is 0 Å². The molecule has 4 N–H and O–H groups in total. The highest BCUT2D eigenvalue weighted by atomic mass is 16.2. The molecule has 0 aliphatic carbocycles. The molecule has 0 bridgehead atoms. The number of hydrogen-bond donors (Lipinski definition) is 4. The van der Waals surface area contributed by atoms with Crippen molar-refractivity contribution >= 4 is 23.6 Å². The maximum atomic E-state index is 13.8. The minimum Gasteiger partial charge on any atom is -0.353 e. The number of fused-ring (bicyclic) bond motifs is 1. The number of hydrogen-bond acceptors (Lipinski definition) is 8. The van der Waals surface area contributed by atoms with Gasteiger partial charge in [0.2, 0.25) is 23.6 Å². The summed E-state index contributed by atoms with van der Waals surface area (Å²) in [7, 11) is 0. The summed E-state index contributed by atoms with van der Waals surface area (Å²) in [5.74, 6) is -0.544. The Morgan fingerprint density at radius 2 is 1.63 bits per heavy atom. The predicted octanol–water partition coefficient (Wildman–Crippen LogP) is 1.44. The maximum Gasteiger partial charge on any atom is 0.243 e. The van der Waals surface area contributed by atoms with Gasteiger partial charge >= 0.3 is 0 Å². The van der Waals surface area contributed by atoms with Gasteiger partial charge in [-0.3, -0.25) is 29.1 Å². The number of rotatable bonds is 5. The molecule has 0 spiro atoms. The van der Waals surface area contributed by atoms with Crippen LogP contribution in [0, 0.1) is 12.8 Å². The van der Waals surface area contributed by atoms with Crippen LogP contribution < -0.4 is 21.3 Å². The van der Waals surface area contributed by atoms with E-state index in [2.05, 4.69) is 41.2 Å². The lowest BCUT2D eigenvalue weighted by Crippen LogP contribution is -2.54. The second-order valence-electron chi connectivity index (χ2n) is 12.0. The SMILES string of the molecule is Cc1nc2n(n1)CC(=O)NCCN(Cc1ccncc1)CCCC(=O)N[C@@H](C)C(=O)N[C@H](Cc1ccccc1)C(=O)N[C@H]2C(C)C. The number of carbonyl (C=O) groups excluding carboxylic acids is 4. The standard InChI is InChI=1S/C33H45N9O4/c1-22(2)30-31-37-24(4)40-42(31)21-29(44)35-16-18-41(20-26-12-14-34-15-13-26)17-8-11-28(43)36-23(3)32(45)38-27(33(46)39-30)19-25-9-6-5-7-10-25/h5-7,9-10,12-15,22-23,27,30H,8,11,16-21H2,1-4H3,(H,35,44)(H,36,43)(H,38,45)(H,39,46)/t23-,27+,30-/m0/s1. The van der Waals surface area contributed by atoms with Crippen molar-refractivity contribution in [2.75, 3.05) is 19.6 Å². The highest BCUT2D eigenvalue weighted by Gasteiger charge is 2.30. The first-order valence-corrected chi connectivity index (χ1v) is 15.8. The highest BCUT2D eigenvalue weighted by Crippen LogP contribution is 2.21. The lowest BCUT2D eigenvalue weighted by atomic mass is 10.0. The van der Waals surface area contributed by atoms with Crippen LogP contribution >= 0.6 is 0 Å². The number of benzene rings is 1. The van der Waals surface area contributed by atoms with E-state index in [-0.39, 0.29) is 37.1 Å². The minimum absolute atomic E-state index is 0.0680. The van der Waals surface area contributed by atoms with E-state index in [1.54, 1.807) is 26.2 Å². The molecule has 0 saturated carbocycles. The lowest BCUT2D eigenvalue weighted by molar-refractivity contribution is -0.132. The molecule has 0 unspecified atom stereocenters. The van der Waals surface area contributed by atoms with Crippen molar-refractivity contribution in [3.05, 3.63) is 77.6 Å². The Morgan fingerprint density at radius 1 is 0.891 bits per heavy atom. The number of nitrogens with one attached hydrogen (secondary N) is 4. The largest absolute Gasteiger partial charge is 0.353 e. The van der Waals surface area contributed by atoms with Crippen LogP contribution in [0.4, 0.5) is 0 Å². The summed E-state index contributed by atoms with van der Waals surface area (Å²) in [4.78, 5) is 63.9. The zero-order valence-electron chi connectivity index (χ0n) is 27.0. The fourth-order valence-electron chi connectivity index (χ4n) is 5.36. The maximum absolute atomic E-state index is 13.8. The van der Waals surface area contributed by atoms with E-state index in [1.807, 2.05) is 56.3 Å². The molecule has 46 heavy (non-hydrogen) atoms. The van der Waals surface area contributed by atoms with Crippen LogP contribution in [0.3, 0.4) is 0 Å². The van der Waals surface area contributed by atoms with Crippen molar-refractivity contribution in [1.29, 1.82) is 0 Å². The molecular formula is C33H45N9O4. The van der Waals surface area contributed by atoms with Crippen molar-refractivity contribution < 1.29 is 19.2 Å². The summed E-state index contributed by atoms with van der Waals surface area (Å²) in [6.45, 7) is 9.35. The third-order valence-corrected chi connectivity index (χ3v) is 7.81. The van der Waals surface area contributed by atoms with Gasteiger partial charge in [0.1, 0.15) is 24.5 Å². The van der Waals surface area contributed by atoms with E-state index >= 15 is 0 Å². The fourth-order valence-corrected chi connectivity index (χ4v) is 5.36. The van der Waals surface area contributed by atoms with Gasteiger partial charge in [-0.1, -0.05) is 44.2 Å². The molecule has 3 heterocycles. The van der Waals surface area contributed by atoms with Crippen LogP contribution in [0.15, 0.2) is 54.9 Å². The molecule has 3 atom stereocenters. The Hall–Kier alpha value is -4.65. The van der Waals surface area contributed by atoms with Gasteiger partial charge in [0, 0.05) is 44.9 Å². The molecule has 13 heteroatoms. The molecule has 246 valence electrons. The molecule has 0 radical (unpaired) electrons. The zero-order chi connectivity index (χ0) is 33.1. The normalized spacial score (nSPS) is 21.5. The molecule has 0 saturated heterocycles. The van der Waals surface area contributed by atoms with Gasteiger partial charge in [0.15, 0.2) is 5.82 Å². The van der Waals surface area contributed by atoms with Gasteiger partial charge in [-0.05, 0) is 56.0 Å². The van der Waals surface area contributed by atoms with Crippen LogP contribution in [0.1, 0.15) is 62.4 Å². The molecule has 3 aromatic rings. The first-order valence-electron chi connectivity index (χ1n) is 15.8. The van der Waals surface area contributed by atoms with E-state index in [9.17, 15) is 19.2 Å². The van der Waals surface area contributed by atoms with E-state index in [0.717, 1.165) is 11.1 Å². The average Bonchev–Trinajstić information content (AvgIpc) is 3.38. The monoisotopic (exact) mass is 631 g/mol. The smallest absolute Gasteiger partial charge is 0.243 e. The average molecular weight is 632 g/mol. The Bertz CT molecular complexity index is 1460. The van der Waals surface area contributed by atoms with Crippen LogP contribution in [-0.4, -0.2) is 80.0 Å². The van der Waals surface area contributed by atoms with Gasteiger partial charge in [0.05, 0.1) is 6.04 Å². The summed E-state index contributed by atoms with van der Waals surface area (Å²) in [6, 6.07) is 10.9. The fraction of sp³-hybridized carbons (Fsp3) is 0.485. The van der Waals surface area contributed by atoms with Crippen LogP contribution in [0.25, 0.3) is 0 Å². The van der Waals surface area contributed by atoms with Gasteiger partial charge < -0.3 is 21.3 Å². The molecule has 0 fully saturated rings. The molecule has 1 aliphatic rings. The Morgan fingerprint density at radius 3 is 2.35 bits per heavy atom. The van der Waals surface area contributed by atoms with E-state index in [1.165, 1.54) is 4.68 Å². The summed E-state index contributed by atoms with van der Waals surface area (Å²) in [6.07, 6.45) is 4.48. The predicted molar refractivity (Wildman–Crippen MR) is 172 cm³/mol. The van der Waals surface area contributed by atoms with Gasteiger partial charge in [-0.25, -0.2) is 9.67 Å². The Labute approximate surface area is 269 Å². The van der Waals surface area contributed by atoms with Crippen molar-refractivity contribution in [3.63, 3.8) is 0 Å². The third kappa shape index (κ3) is 10.2. The number of amides is 4. The summed E-state index contributed by atoms with van der Waals surface area (Å²) in [5.41, 5.74) is 1.93. The molecule has 2 aromatic heterocycles. The third-order valence-electron chi connectivity index (χ3n) is 7.81. The molecule has 1 aromatic carbocycles. The highest BCUT2D eigenvalue weighted by molar-refractivity contribution is 5.92. The van der Waals surface area contributed by atoms with Crippen molar-refractivity contribution in [2.24, 2.45) is 5.92 Å². The van der Waals surface area contributed by atoms with Crippen LogP contribution in [0.2, 0.25) is 0 Å². The number of pyridine rings is 1. The molecule has 13 nitrogen and oxygen atoms in total.